The van der Waals surface area contributed by atoms with Crippen LogP contribution in [0.2, 0.25) is 0 Å². The molecular formula is C19H25N5O2. The van der Waals surface area contributed by atoms with Crippen molar-refractivity contribution >= 4 is 11.8 Å². The molecule has 2 aromatic rings. The minimum atomic E-state index is -0.380. The maximum atomic E-state index is 13.2. The average Bonchev–Trinajstić information content (AvgIpc) is 3.04. The summed E-state index contributed by atoms with van der Waals surface area (Å²) in [4.78, 5) is 26.9. The smallest absolute Gasteiger partial charge is 0.255 e. The molecule has 1 saturated heterocycles. The number of carbonyl (C=O) groups is 2. The molecule has 2 amide bonds. The summed E-state index contributed by atoms with van der Waals surface area (Å²) >= 11 is 0. The van der Waals surface area contributed by atoms with Crippen molar-refractivity contribution in [3.63, 3.8) is 0 Å². The van der Waals surface area contributed by atoms with Gasteiger partial charge in [-0.3, -0.25) is 14.3 Å². The van der Waals surface area contributed by atoms with Crippen LogP contribution in [0.5, 0.6) is 0 Å². The van der Waals surface area contributed by atoms with Crippen LogP contribution in [0.3, 0.4) is 0 Å². The summed E-state index contributed by atoms with van der Waals surface area (Å²) in [6, 6.07) is 2.52. The lowest BCUT2D eigenvalue weighted by Gasteiger charge is -2.16. The Morgan fingerprint density at radius 2 is 1.96 bits per heavy atom. The summed E-state index contributed by atoms with van der Waals surface area (Å²) in [6.07, 6.45) is 6.02. The van der Waals surface area contributed by atoms with Gasteiger partial charge in [-0.1, -0.05) is 0 Å². The van der Waals surface area contributed by atoms with Crippen LogP contribution >= 0.6 is 0 Å². The molecule has 0 radical (unpaired) electrons. The Labute approximate surface area is 152 Å². The summed E-state index contributed by atoms with van der Waals surface area (Å²) in [5, 5.41) is 4.20. The van der Waals surface area contributed by atoms with Gasteiger partial charge in [-0.25, -0.2) is 0 Å². The third kappa shape index (κ3) is 2.71. The Morgan fingerprint density at radius 1 is 1.23 bits per heavy atom. The molecule has 2 aromatic heterocycles. The summed E-state index contributed by atoms with van der Waals surface area (Å²) in [7, 11) is 1.84. The first kappa shape index (κ1) is 16.9. The fourth-order valence-electron chi connectivity index (χ4n) is 4.29. The van der Waals surface area contributed by atoms with Gasteiger partial charge in [0.25, 0.3) is 5.91 Å². The Balaban J connectivity index is 1.61. The van der Waals surface area contributed by atoms with Gasteiger partial charge in [0.15, 0.2) is 0 Å². The SMILES string of the molecule is Cc1cc(C(=O)N2C[C@H](C(N)=O)[C@@H](c3cnn(C)c3)C2)c(C)n1C1CC1. The summed E-state index contributed by atoms with van der Waals surface area (Å²) in [5.74, 6) is -0.854. The van der Waals surface area contributed by atoms with E-state index in [0.29, 0.717) is 19.1 Å². The molecule has 7 heteroatoms. The van der Waals surface area contributed by atoms with Crippen LogP contribution in [0.15, 0.2) is 18.5 Å². The fourth-order valence-corrected chi connectivity index (χ4v) is 4.29. The Morgan fingerprint density at radius 3 is 2.54 bits per heavy atom. The van der Waals surface area contributed by atoms with Crippen LogP contribution in [0.1, 0.15) is 52.1 Å². The van der Waals surface area contributed by atoms with E-state index in [9.17, 15) is 9.59 Å². The lowest BCUT2D eigenvalue weighted by molar-refractivity contribution is -0.121. The Hall–Kier alpha value is -2.57. The number of carbonyl (C=O) groups excluding carboxylic acids is 2. The Bertz CT molecular complexity index is 877. The highest BCUT2D eigenvalue weighted by Crippen LogP contribution is 2.39. The molecule has 7 nitrogen and oxygen atoms in total. The summed E-state index contributed by atoms with van der Waals surface area (Å²) in [5.41, 5.74) is 9.48. The molecule has 26 heavy (non-hydrogen) atoms. The van der Waals surface area contributed by atoms with Crippen molar-refractivity contribution in [2.24, 2.45) is 18.7 Å². The monoisotopic (exact) mass is 355 g/mol. The number of aromatic nitrogens is 3. The van der Waals surface area contributed by atoms with Crippen molar-refractivity contribution < 1.29 is 9.59 Å². The van der Waals surface area contributed by atoms with Crippen LogP contribution < -0.4 is 5.73 Å². The average molecular weight is 355 g/mol. The molecule has 0 unspecified atom stereocenters. The largest absolute Gasteiger partial charge is 0.369 e. The second-order valence-corrected chi connectivity index (χ2v) is 7.66. The summed E-state index contributed by atoms with van der Waals surface area (Å²) in [6.45, 7) is 4.92. The second-order valence-electron chi connectivity index (χ2n) is 7.66. The summed E-state index contributed by atoms with van der Waals surface area (Å²) < 4.78 is 3.98. The van der Waals surface area contributed by atoms with Crippen molar-refractivity contribution in [3.05, 3.63) is 41.0 Å². The highest BCUT2D eigenvalue weighted by Gasteiger charge is 2.41. The molecule has 2 N–H and O–H groups in total. The molecule has 2 aliphatic rings. The lowest BCUT2D eigenvalue weighted by atomic mass is 9.90. The van der Waals surface area contributed by atoms with Gasteiger partial charge in [0.05, 0.1) is 17.7 Å². The van der Waals surface area contributed by atoms with Gasteiger partial charge >= 0.3 is 0 Å². The predicted octanol–water partition coefficient (Wildman–Crippen LogP) is 1.51. The molecule has 0 bridgehead atoms. The van der Waals surface area contributed by atoms with Gasteiger partial charge in [-0.05, 0) is 38.3 Å². The maximum Gasteiger partial charge on any atom is 0.255 e. The molecule has 0 aromatic carbocycles. The van der Waals surface area contributed by atoms with Gasteiger partial charge in [0.1, 0.15) is 0 Å². The molecular weight excluding hydrogens is 330 g/mol. The highest BCUT2D eigenvalue weighted by molar-refractivity contribution is 5.96. The highest BCUT2D eigenvalue weighted by atomic mass is 16.2. The Kier molecular flexibility index (Phi) is 3.89. The van der Waals surface area contributed by atoms with E-state index < -0.39 is 0 Å². The topological polar surface area (TPSA) is 86.2 Å². The van der Waals surface area contributed by atoms with Crippen LogP contribution in [-0.4, -0.2) is 44.2 Å². The zero-order valence-electron chi connectivity index (χ0n) is 15.5. The van der Waals surface area contributed by atoms with E-state index in [-0.39, 0.29) is 23.7 Å². The van der Waals surface area contributed by atoms with Gasteiger partial charge in [-0.15, -0.1) is 0 Å². The van der Waals surface area contributed by atoms with Gasteiger partial charge < -0.3 is 15.2 Å². The number of likely N-dealkylation sites (tertiary alicyclic amines) is 1. The van der Waals surface area contributed by atoms with E-state index in [1.54, 1.807) is 15.8 Å². The van der Waals surface area contributed by atoms with Crippen LogP contribution in [0, 0.1) is 19.8 Å². The standard InChI is InChI=1S/C19H25N5O2/c1-11-6-15(12(2)24(11)14-4-5-14)19(26)23-9-16(17(10-23)18(20)25)13-7-21-22(3)8-13/h6-8,14,16-17H,4-5,9-10H2,1-3H3,(H2,20,25)/t16-,17+/m1/s1. The van der Waals surface area contributed by atoms with E-state index in [0.717, 1.165) is 22.5 Å². The number of rotatable bonds is 4. The van der Waals surface area contributed by atoms with Gasteiger partial charge in [0.2, 0.25) is 5.91 Å². The van der Waals surface area contributed by atoms with Crippen molar-refractivity contribution in [2.45, 2.75) is 38.6 Å². The number of nitrogens with two attached hydrogens (primary N) is 1. The molecule has 1 saturated carbocycles. The van der Waals surface area contributed by atoms with Crippen LogP contribution in [0.4, 0.5) is 0 Å². The zero-order chi connectivity index (χ0) is 18.6. The van der Waals surface area contributed by atoms with Crippen molar-refractivity contribution in [1.82, 2.24) is 19.2 Å². The fraction of sp³-hybridized carbons (Fsp3) is 0.526. The first-order valence-corrected chi connectivity index (χ1v) is 9.12. The molecule has 1 aliphatic heterocycles. The zero-order valence-corrected chi connectivity index (χ0v) is 15.5. The van der Waals surface area contributed by atoms with Gasteiger partial charge in [0, 0.05) is 49.7 Å². The maximum absolute atomic E-state index is 13.2. The van der Waals surface area contributed by atoms with E-state index in [1.165, 1.54) is 12.8 Å². The second kappa shape index (κ2) is 6.00. The van der Waals surface area contributed by atoms with Gasteiger partial charge in [-0.2, -0.15) is 5.10 Å². The molecule has 2 atom stereocenters. The van der Waals surface area contributed by atoms with Crippen molar-refractivity contribution in [3.8, 4) is 0 Å². The molecule has 3 heterocycles. The number of aryl methyl sites for hydroxylation is 2. The lowest BCUT2D eigenvalue weighted by Crippen LogP contribution is -2.32. The normalized spacial score (nSPS) is 22.8. The van der Waals surface area contributed by atoms with Crippen molar-refractivity contribution in [1.29, 1.82) is 0 Å². The van der Waals surface area contributed by atoms with E-state index >= 15 is 0 Å². The number of hydrogen-bond donors (Lipinski definition) is 1. The quantitative estimate of drug-likeness (QED) is 0.902. The first-order chi connectivity index (χ1) is 12.4. The number of nitrogens with zero attached hydrogens (tertiary/aromatic N) is 4. The molecule has 4 rings (SSSR count). The molecule has 2 fully saturated rings. The van der Waals surface area contributed by atoms with Crippen LogP contribution in [-0.2, 0) is 11.8 Å². The third-order valence-electron chi connectivity index (χ3n) is 5.75. The first-order valence-electron chi connectivity index (χ1n) is 9.12. The molecule has 1 aliphatic carbocycles. The minimum absolute atomic E-state index is 0.0114. The minimum Gasteiger partial charge on any atom is -0.369 e. The van der Waals surface area contributed by atoms with E-state index in [1.807, 2.05) is 26.2 Å². The van der Waals surface area contributed by atoms with E-state index in [4.69, 9.17) is 5.73 Å². The predicted molar refractivity (Wildman–Crippen MR) is 96.7 cm³/mol. The van der Waals surface area contributed by atoms with E-state index in [2.05, 4.69) is 16.6 Å². The number of hydrogen-bond acceptors (Lipinski definition) is 3. The third-order valence-corrected chi connectivity index (χ3v) is 5.75. The molecule has 138 valence electrons. The number of amides is 2. The van der Waals surface area contributed by atoms with Crippen LogP contribution in [0.25, 0.3) is 0 Å². The van der Waals surface area contributed by atoms with Crippen molar-refractivity contribution in [2.75, 3.05) is 13.1 Å². The number of primary amides is 1. The molecule has 0 spiro atoms.